The summed E-state index contributed by atoms with van der Waals surface area (Å²) in [5.74, 6) is -0.155. The molecule has 0 fully saturated rings. The van der Waals surface area contributed by atoms with E-state index in [1.165, 1.54) is 18.7 Å². The van der Waals surface area contributed by atoms with Gasteiger partial charge in [0, 0.05) is 30.9 Å². The molecule has 1 unspecified atom stereocenters. The van der Waals surface area contributed by atoms with Gasteiger partial charge in [-0.05, 0) is 6.42 Å². The zero-order valence-corrected chi connectivity index (χ0v) is 10.6. The molecule has 0 aliphatic rings. The maximum atomic E-state index is 11.5. The Kier molecular flexibility index (Phi) is 5.95. The van der Waals surface area contributed by atoms with Crippen LogP contribution in [0.4, 0.5) is 0 Å². The van der Waals surface area contributed by atoms with Crippen LogP contribution in [0.2, 0.25) is 0 Å². The lowest BCUT2D eigenvalue weighted by Gasteiger charge is -2.09. The van der Waals surface area contributed by atoms with Gasteiger partial charge in [-0.2, -0.15) is 0 Å². The van der Waals surface area contributed by atoms with Gasteiger partial charge in [-0.25, -0.2) is 9.97 Å². The van der Waals surface area contributed by atoms with Crippen LogP contribution in [0.3, 0.4) is 0 Å². The summed E-state index contributed by atoms with van der Waals surface area (Å²) < 4.78 is 4.97. The molecular weight excluding hydrogens is 274 g/mol. The van der Waals surface area contributed by atoms with E-state index in [0.29, 0.717) is 18.7 Å². The van der Waals surface area contributed by atoms with Gasteiger partial charge in [0.2, 0.25) is 0 Å². The monoisotopic (exact) mass is 287 g/mol. The second kappa shape index (κ2) is 7.29. The normalized spacial score (nSPS) is 12.1. The lowest BCUT2D eigenvalue weighted by Crippen LogP contribution is -2.27. The number of methoxy groups -OCH3 is 1. The van der Waals surface area contributed by atoms with Gasteiger partial charge in [-0.15, -0.1) is 0 Å². The van der Waals surface area contributed by atoms with Crippen LogP contribution in [0, 0.1) is 0 Å². The van der Waals surface area contributed by atoms with Crippen LogP contribution >= 0.6 is 15.9 Å². The molecule has 0 bridgehead atoms. The largest absolute Gasteiger partial charge is 0.384 e. The van der Waals surface area contributed by atoms with E-state index in [0.717, 1.165) is 6.42 Å². The van der Waals surface area contributed by atoms with Crippen LogP contribution in [0.5, 0.6) is 0 Å². The number of halogens is 1. The molecule has 88 valence electrons. The van der Waals surface area contributed by atoms with E-state index in [4.69, 9.17) is 4.74 Å². The lowest BCUT2D eigenvalue weighted by molar-refractivity contribution is 0.0951. The first-order valence-electron chi connectivity index (χ1n) is 4.90. The summed E-state index contributed by atoms with van der Waals surface area (Å²) in [6.45, 7) is 1.22. The van der Waals surface area contributed by atoms with Crippen LogP contribution in [-0.4, -0.2) is 41.0 Å². The summed E-state index contributed by atoms with van der Waals surface area (Å²) in [7, 11) is 1.65. The Labute approximate surface area is 103 Å². The van der Waals surface area contributed by atoms with Crippen LogP contribution in [-0.2, 0) is 4.74 Å². The second-order valence-corrected chi connectivity index (χ2v) is 4.52. The van der Waals surface area contributed by atoms with E-state index in [2.05, 4.69) is 31.2 Å². The third-order valence-corrected chi connectivity index (χ3v) is 2.64. The van der Waals surface area contributed by atoms with Crippen molar-refractivity contribution in [1.82, 2.24) is 15.3 Å². The highest BCUT2D eigenvalue weighted by molar-refractivity contribution is 9.09. The van der Waals surface area contributed by atoms with Crippen molar-refractivity contribution in [3.05, 3.63) is 24.3 Å². The summed E-state index contributed by atoms with van der Waals surface area (Å²) in [4.78, 5) is 19.4. The minimum Gasteiger partial charge on any atom is -0.384 e. The third-order valence-electron chi connectivity index (χ3n) is 1.91. The van der Waals surface area contributed by atoms with Crippen molar-refractivity contribution in [1.29, 1.82) is 0 Å². The van der Waals surface area contributed by atoms with E-state index < -0.39 is 0 Å². The Morgan fingerprint density at radius 2 is 2.25 bits per heavy atom. The first-order chi connectivity index (χ1) is 7.74. The molecule has 1 aromatic rings. The molecule has 1 N–H and O–H groups in total. The molecule has 16 heavy (non-hydrogen) atoms. The van der Waals surface area contributed by atoms with E-state index in [9.17, 15) is 4.79 Å². The molecule has 0 radical (unpaired) electrons. The zero-order valence-electron chi connectivity index (χ0n) is 9.02. The van der Waals surface area contributed by atoms with Crippen molar-refractivity contribution in [3.8, 4) is 0 Å². The maximum absolute atomic E-state index is 11.5. The van der Waals surface area contributed by atoms with E-state index in [1.54, 1.807) is 7.11 Å². The van der Waals surface area contributed by atoms with Gasteiger partial charge in [-0.1, -0.05) is 15.9 Å². The summed E-state index contributed by atoms with van der Waals surface area (Å²) >= 11 is 3.44. The molecule has 1 amide bonds. The van der Waals surface area contributed by atoms with Crippen molar-refractivity contribution >= 4 is 21.8 Å². The average molecular weight is 288 g/mol. The standard InChI is InChI=1S/C10H14BrN3O2/c1-16-6-9(11)2-3-14-10(15)8-4-12-7-13-5-8/h4-5,7,9H,2-3,6H2,1H3,(H,14,15). The van der Waals surface area contributed by atoms with Crippen LogP contribution in [0.1, 0.15) is 16.8 Å². The second-order valence-electron chi connectivity index (χ2n) is 3.22. The predicted molar refractivity (Wildman–Crippen MR) is 63.6 cm³/mol. The number of aromatic nitrogens is 2. The molecule has 0 aliphatic carbocycles. The molecule has 1 aromatic heterocycles. The van der Waals surface area contributed by atoms with Crippen LogP contribution < -0.4 is 5.32 Å². The number of hydrogen-bond acceptors (Lipinski definition) is 4. The van der Waals surface area contributed by atoms with Crippen LogP contribution in [0.25, 0.3) is 0 Å². The van der Waals surface area contributed by atoms with Gasteiger partial charge in [0.25, 0.3) is 5.91 Å². The Hall–Kier alpha value is -1.01. The quantitative estimate of drug-likeness (QED) is 0.793. The Balaban J connectivity index is 2.26. The Morgan fingerprint density at radius 1 is 1.56 bits per heavy atom. The maximum Gasteiger partial charge on any atom is 0.254 e. The van der Waals surface area contributed by atoms with Gasteiger partial charge < -0.3 is 10.1 Å². The van der Waals surface area contributed by atoms with Crippen molar-refractivity contribution in [2.75, 3.05) is 20.3 Å². The SMILES string of the molecule is COCC(Br)CCNC(=O)c1cncnc1. The van der Waals surface area contributed by atoms with E-state index in [1.807, 2.05) is 0 Å². The van der Waals surface area contributed by atoms with Crippen LogP contribution in [0.15, 0.2) is 18.7 Å². The summed E-state index contributed by atoms with van der Waals surface area (Å²) in [6, 6.07) is 0. The van der Waals surface area contributed by atoms with Crippen molar-refractivity contribution in [2.24, 2.45) is 0 Å². The summed E-state index contributed by atoms with van der Waals surface area (Å²) in [6.07, 6.45) is 5.18. The molecule has 6 heteroatoms. The number of hydrogen-bond donors (Lipinski definition) is 1. The molecule has 0 aromatic carbocycles. The number of amides is 1. The third kappa shape index (κ3) is 4.67. The van der Waals surface area contributed by atoms with Crippen molar-refractivity contribution in [3.63, 3.8) is 0 Å². The Bertz CT molecular complexity index is 321. The Morgan fingerprint density at radius 3 is 2.88 bits per heavy atom. The molecular formula is C10H14BrN3O2. The predicted octanol–water partition coefficient (Wildman–Crippen LogP) is 1.01. The van der Waals surface area contributed by atoms with Gasteiger partial charge in [-0.3, -0.25) is 4.79 Å². The molecule has 1 atom stereocenters. The fourth-order valence-corrected chi connectivity index (χ4v) is 1.62. The minimum absolute atomic E-state index is 0.155. The van der Waals surface area contributed by atoms with Crippen molar-refractivity contribution < 1.29 is 9.53 Å². The molecule has 0 aliphatic heterocycles. The number of carbonyl (C=O) groups excluding carboxylic acids is 1. The topological polar surface area (TPSA) is 64.1 Å². The first-order valence-corrected chi connectivity index (χ1v) is 5.82. The molecule has 5 nitrogen and oxygen atoms in total. The highest BCUT2D eigenvalue weighted by atomic mass is 79.9. The number of rotatable bonds is 6. The van der Waals surface area contributed by atoms with E-state index in [-0.39, 0.29) is 10.7 Å². The first kappa shape index (κ1) is 13.1. The number of ether oxygens (including phenoxy) is 1. The average Bonchev–Trinajstić information content (AvgIpc) is 2.30. The van der Waals surface area contributed by atoms with Gasteiger partial charge >= 0.3 is 0 Å². The summed E-state index contributed by atoms with van der Waals surface area (Å²) in [5.41, 5.74) is 0.473. The number of carbonyl (C=O) groups is 1. The van der Waals surface area contributed by atoms with Gasteiger partial charge in [0.15, 0.2) is 0 Å². The number of nitrogens with zero attached hydrogens (tertiary/aromatic N) is 2. The fourth-order valence-electron chi connectivity index (χ4n) is 1.12. The van der Waals surface area contributed by atoms with Crippen molar-refractivity contribution in [2.45, 2.75) is 11.2 Å². The number of alkyl halides is 1. The van der Waals surface area contributed by atoms with E-state index >= 15 is 0 Å². The molecule has 0 saturated carbocycles. The molecule has 1 rings (SSSR count). The lowest BCUT2D eigenvalue weighted by atomic mass is 10.3. The highest BCUT2D eigenvalue weighted by Gasteiger charge is 2.07. The van der Waals surface area contributed by atoms with Gasteiger partial charge in [0.05, 0.1) is 12.2 Å². The van der Waals surface area contributed by atoms with Gasteiger partial charge in [0.1, 0.15) is 6.33 Å². The highest BCUT2D eigenvalue weighted by Crippen LogP contribution is 2.04. The molecule has 0 saturated heterocycles. The smallest absolute Gasteiger partial charge is 0.254 e. The minimum atomic E-state index is -0.155. The molecule has 1 heterocycles. The molecule has 0 spiro atoms. The zero-order chi connectivity index (χ0) is 11.8. The number of nitrogens with one attached hydrogen (secondary N) is 1. The summed E-state index contributed by atoms with van der Waals surface area (Å²) in [5, 5.41) is 2.78. The fraction of sp³-hybridized carbons (Fsp3) is 0.500.